The molecule has 1 unspecified atom stereocenters. The van der Waals surface area contributed by atoms with E-state index in [0.29, 0.717) is 12.1 Å². The molecule has 1 heterocycles. The van der Waals surface area contributed by atoms with Crippen LogP contribution in [0.4, 0.5) is 0 Å². The maximum atomic E-state index is 3.55. The molecule has 0 bridgehead atoms. The molecule has 0 saturated carbocycles. The summed E-state index contributed by atoms with van der Waals surface area (Å²) in [5.74, 6) is 0. The Bertz CT molecular complexity index is 287. The molecule has 0 spiro atoms. The van der Waals surface area contributed by atoms with Gasteiger partial charge in [0, 0.05) is 31.7 Å². The van der Waals surface area contributed by atoms with Crippen LogP contribution in [0.2, 0.25) is 0 Å². The number of piperazine rings is 1. The van der Waals surface area contributed by atoms with E-state index in [1.165, 1.54) is 5.56 Å². The SMILES string of the molecule is CC1CN(Cc2ccccc2)C[C@H](C)N1. The summed E-state index contributed by atoms with van der Waals surface area (Å²) in [5, 5.41) is 3.55. The molecule has 2 atom stereocenters. The highest BCUT2D eigenvalue weighted by atomic mass is 15.2. The van der Waals surface area contributed by atoms with Gasteiger partial charge in [0.2, 0.25) is 0 Å². The zero-order valence-corrected chi connectivity index (χ0v) is 9.61. The molecule has 1 aliphatic heterocycles. The summed E-state index contributed by atoms with van der Waals surface area (Å²) in [6.45, 7) is 7.90. The number of hydrogen-bond donors (Lipinski definition) is 1. The van der Waals surface area contributed by atoms with Crippen molar-refractivity contribution in [1.82, 2.24) is 10.2 Å². The summed E-state index contributed by atoms with van der Waals surface area (Å²) >= 11 is 0. The molecule has 2 nitrogen and oxygen atoms in total. The van der Waals surface area contributed by atoms with Crippen molar-refractivity contribution in [3.05, 3.63) is 35.9 Å². The molecule has 1 aromatic rings. The van der Waals surface area contributed by atoms with Gasteiger partial charge in [-0.2, -0.15) is 0 Å². The Morgan fingerprint density at radius 3 is 2.33 bits per heavy atom. The third kappa shape index (κ3) is 3.05. The van der Waals surface area contributed by atoms with Crippen LogP contribution >= 0.6 is 0 Å². The molecule has 0 aliphatic carbocycles. The number of nitrogens with zero attached hydrogens (tertiary/aromatic N) is 1. The number of rotatable bonds is 2. The van der Waals surface area contributed by atoms with Gasteiger partial charge in [0.1, 0.15) is 0 Å². The highest BCUT2D eigenvalue weighted by Crippen LogP contribution is 2.09. The van der Waals surface area contributed by atoms with E-state index in [4.69, 9.17) is 0 Å². The normalized spacial score (nSPS) is 27.9. The summed E-state index contributed by atoms with van der Waals surface area (Å²) < 4.78 is 0. The Morgan fingerprint density at radius 1 is 1.13 bits per heavy atom. The average molecular weight is 204 g/mol. The topological polar surface area (TPSA) is 15.3 Å². The van der Waals surface area contributed by atoms with E-state index in [2.05, 4.69) is 54.4 Å². The van der Waals surface area contributed by atoms with Gasteiger partial charge in [0.25, 0.3) is 0 Å². The van der Waals surface area contributed by atoms with Gasteiger partial charge in [0.15, 0.2) is 0 Å². The van der Waals surface area contributed by atoms with Crippen molar-refractivity contribution >= 4 is 0 Å². The predicted molar refractivity (Wildman–Crippen MR) is 63.8 cm³/mol. The fourth-order valence-corrected chi connectivity index (χ4v) is 2.41. The zero-order valence-electron chi connectivity index (χ0n) is 9.61. The van der Waals surface area contributed by atoms with Crippen molar-refractivity contribution in [3.8, 4) is 0 Å². The Labute approximate surface area is 92.3 Å². The quantitative estimate of drug-likeness (QED) is 0.791. The lowest BCUT2D eigenvalue weighted by molar-refractivity contribution is 0.166. The molecule has 15 heavy (non-hydrogen) atoms. The standard InChI is InChI=1S/C13H20N2/c1-11-8-15(9-12(2)14-11)10-13-6-4-3-5-7-13/h3-7,11-12,14H,8-10H2,1-2H3/t11-,12?/m0/s1. The van der Waals surface area contributed by atoms with Gasteiger partial charge < -0.3 is 5.32 Å². The largest absolute Gasteiger partial charge is 0.309 e. The molecular weight excluding hydrogens is 184 g/mol. The first-order valence-corrected chi connectivity index (χ1v) is 5.76. The van der Waals surface area contributed by atoms with Crippen molar-refractivity contribution in [2.45, 2.75) is 32.5 Å². The minimum atomic E-state index is 0.609. The summed E-state index contributed by atoms with van der Waals surface area (Å²) in [5.41, 5.74) is 1.42. The van der Waals surface area contributed by atoms with Crippen LogP contribution in [-0.2, 0) is 6.54 Å². The first-order valence-electron chi connectivity index (χ1n) is 5.76. The van der Waals surface area contributed by atoms with Gasteiger partial charge in [-0.15, -0.1) is 0 Å². The molecule has 82 valence electrons. The number of hydrogen-bond acceptors (Lipinski definition) is 2. The zero-order chi connectivity index (χ0) is 10.7. The summed E-state index contributed by atoms with van der Waals surface area (Å²) in [6.07, 6.45) is 0. The second-order valence-electron chi connectivity index (χ2n) is 4.65. The van der Waals surface area contributed by atoms with Gasteiger partial charge in [-0.3, -0.25) is 4.90 Å². The van der Waals surface area contributed by atoms with E-state index >= 15 is 0 Å². The van der Waals surface area contributed by atoms with E-state index in [0.717, 1.165) is 19.6 Å². The molecule has 2 heteroatoms. The maximum absolute atomic E-state index is 3.55. The van der Waals surface area contributed by atoms with E-state index in [-0.39, 0.29) is 0 Å². The summed E-state index contributed by atoms with van der Waals surface area (Å²) in [7, 11) is 0. The monoisotopic (exact) mass is 204 g/mol. The first-order chi connectivity index (χ1) is 7.24. The Balaban J connectivity index is 1.94. The van der Waals surface area contributed by atoms with Crippen molar-refractivity contribution in [2.75, 3.05) is 13.1 Å². The average Bonchev–Trinajstić information content (AvgIpc) is 2.17. The highest BCUT2D eigenvalue weighted by molar-refractivity contribution is 5.14. The van der Waals surface area contributed by atoms with Crippen LogP contribution in [0.5, 0.6) is 0 Å². The third-order valence-electron chi connectivity index (χ3n) is 2.88. The van der Waals surface area contributed by atoms with Gasteiger partial charge in [-0.05, 0) is 19.4 Å². The van der Waals surface area contributed by atoms with Crippen LogP contribution in [0.15, 0.2) is 30.3 Å². The molecule has 1 fully saturated rings. The van der Waals surface area contributed by atoms with E-state index in [9.17, 15) is 0 Å². The van der Waals surface area contributed by atoms with E-state index in [1.807, 2.05) is 0 Å². The predicted octanol–water partition coefficient (Wildman–Crippen LogP) is 1.87. The molecule has 0 aromatic heterocycles. The molecule has 0 radical (unpaired) electrons. The minimum Gasteiger partial charge on any atom is -0.309 e. The van der Waals surface area contributed by atoms with E-state index in [1.54, 1.807) is 0 Å². The van der Waals surface area contributed by atoms with Crippen molar-refractivity contribution in [1.29, 1.82) is 0 Å². The number of benzene rings is 1. The van der Waals surface area contributed by atoms with Crippen LogP contribution in [0.25, 0.3) is 0 Å². The Kier molecular flexibility index (Phi) is 3.39. The fourth-order valence-electron chi connectivity index (χ4n) is 2.41. The maximum Gasteiger partial charge on any atom is 0.0235 e. The van der Waals surface area contributed by atoms with Gasteiger partial charge in [0.05, 0.1) is 0 Å². The third-order valence-corrected chi connectivity index (χ3v) is 2.88. The molecule has 1 N–H and O–H groups in total. The molecule has 1 saturated heterocycles. The van der Waals surface area contributed by atoms with Crippen molar-refractivity contribution in [3.63, 3.8) is 0 Å². The van der Waals surface area contributed by atoms with Crippen molar-refractivity contribution < 1.29 is 0 Å². The summed E-state index contributed by atoms with van der Waals surface area (Å²) in [4.78, 5) is 2.53. The molecule has 1 aromatic carbocycles. The molecular formula is C13H20N2. The first kappa shape index (κ1) is 10.7. The van der Waals surface area contributed by atoms with E-state index < -0.39 is 0 Å². The lowest BCUT2D eigenvalue weighted by atomic mass is 10.1. The van der Waals surface area contributed by atoms with Gasteiger partial charge in [-0.25, -0.2) is 0 Å². The molecule has 2 rings (SSSR count). The van der Waals surface area contributed by atoms with Crippen LogP contribution in [0.3, 0.4) is 0 Å². The highest BCUT2D eigenvalue weighted by Gasteiger charge is 2.20. The fraction of sp³-hybridized carbons (Fsp3) is 0.538. The summed E-state index contributed by atoms with van der Waals surface area (Å²) in [6, 6.07) is 11.9. The lowest BCUT2D eigenvalue weighted by Gasteiger charge is -2.36. The second kappa shape index (κ2) is 4.77. The van der Waals surface area contributed by atoms with Gasteiger partial charge in [-0.1, -0.05) is 30.3 Å². The Morgan fingerprint density at radius 2 is 1.73 bits per heavy atom. The van der Waals surface area contributed by atoms with Crippen LogP contribution in [-0.4, -0.2) is 30.1 Å². The molecule has 0 amide bonds. The number of nitrogens with one attached hydrogen (secondary N) is 1. The lowest BCUT2D eigenvalue weighted by Crippen LogP contribution is -2.53. The van der Waals surface area contributed by atoms with Crippen LogP contribution in [0.1, 0.15) is 19.4 Å². The second-order valence-corrected chi connectivity index (χ2v) is 4.65. The minimum absolute atomic E-state index is 0.609. The van der Waals surface area contributed by atoms with Crippen LogP contribution < -0.4 is 5.32 Å². The smallest absolute Gasteiger partial charge is 0.0235 e. The van der Waals surface area contributed by atoms with Crippen LogP contribution in [0, 0.1) is 0 Å². The van der Waals surface area contributed by atoms with Crippen molar-refractivity contribution in [2.24, 2.45) is 0 Å². The Hall–Kier alpha value is -0.860. The molecule has 1 aliphatic rings. The van der Waals surface area contributed by atoms with Gasteiger partial charge >= 0.3 is 0 Å².